The van der Waals surface area contributed by atoms with Crippen LogP contribution in [0.25, 0.3) is 11.1 Å². The van der Waals surface area contributed by atoms with Crippen molar-refractivity contribution in [2.75, 3.05) is 7.05 Å². The van der Waals surface area contributed by atoms with Crippen LogP contribution in [0.4, 0.5) is 0 Å². The molecule has 0 atom stereocenters. The van der Waals surface area contributed by atoms with Crippen molar-refractivity contribution in [2.24, 2.45) is 4.99 Å². The Bertz CT molecular complexity index is 1110. The Labute approximate surface area is 205 Å². The van der Waals surface area contributed by atoms with E-state index in [1.54, 1.807) is 19.4 Å². The maximum absolute atomic E-state index is 4.34. The van der Waals surface area contributed by atoms with Crippen molar-refractivity contribution < 1.29 is 0 Å². The Kier molecular flexibility index (Phi) is 8.79. The van der Waals surface area contributed by atoms with Crippen LogP contribution in [-0.4, -0.2) is 27.5 Å². The number of aliphatic imine (C=N–C) groups is 1. The summed E-state index contributed by atoms with van der Waals surface area (Å²) >= 11 is 0. The van der Waals surface area contributed by atoms with Crippen molar-refractivity contribution in [1.82, 2.24) is 25.2 Å². The van der Waals surface area contributed by atoms with E-state index >= 15 is 0 Å². The molecule has 7 heteroatoms. The number of hydrogen-bond acceptors (Lipinski definition) is 3. The molecule has 0 aliphatic rings. The van der Waals surface area contributed by atoms with Crippen LogP contribution in [0.15, 0.2) is 96.6 Å². The normalized spacial score (nSPS) is 11.0. The molecular weight excluding hydrogens is 511 g/mol. The number of rotatable bonds is 7. The Morgan fingerprint density at radius 3 is 2.41 bits per heavy atom. The Morgan fingerprint density at radius 1 is 0.906 bits per heavy atom. The number of nitrogens with one attached hydrogen (secondary N) is 2. The third kappa shape index (κ3) is 6.40. The monoisotopic (exact) mass is 538 g/mol. The first-order chi connectivity index (χ1) is 15.3. The molecule has 2 heterocycles. The molecule has 0 aliphatic heterocycles. The number of aromatic nitrogens is 3. The quantitative estimate of drug-likeness (QED) is 0.207. The third-order valence-electron chi connectivity index (χ3n) is 5.04. The van der Waals surface area contributed by atoms with Gasteiger partial charge in [0.05, 0.1) is 18.6 Å². The van der Waals surface area contributed by atoms with Crippen molar-refractivity contribution in [3.63, 3.8) is 0 Å². The van der Waals surface area contributed by atoms with Crippen LogP contribution in [-0.2, 0) is 19.6 Å². The van der Waals surface area contributed by atoms with Crippen LogP contribution >= 0.6 is 24.0 Å². The average molecular weight is 538 g/mol. The zero-order chi connectivity index (χ0) is 21.3. The van der Waals surface area contributed by atoms with Gasteiger partial charge in [-0.25, -0.2) is 4.98 Å². The molecular formula is C25H27IN6. The standard InChI is InChI=1S/C25H26N6.HI/c1-26-25(30-17-23-7-4-5-13-28-23)29-16-22-6-2-3-8-24(22)21-11-9-20(10-12-21)18-31-15-14-27-19-31;/h2-15,19H,16-18H2,1H3,(H2,26,29,30);1H. The Morgan fingerprint density at radius 2 is 1.69 bits per heavy atom. The Balaban J connectivity index is 0.00000289. The minimum atomic E-state index is 0. The van der Waals surface area contributed by atoms with Gasteiger partial charge in [0.15, 0.2) is 5.96 Å². The second kappa shape index (κ2) is 12.0. The van der Waals surface area contributed by atoms with Crippen LogP contribution in [0.3, 0.4) is 0 Å². The first kappa shape index (κ1) is 23.5. The molecule has 2 N–H and O–H groups in total. The molecule has 0 fully saturated rings. The molecule has 0 saturated carbocycles. The second-order valence-corrected chi connectivity index (χ2v) is 7.19. The summed E-state index contributed by atoms with van der Waals surface area (Å²) in [5.41, 5.74) is 5.84. The average Bonchev–Trinajstić information content (AvgIpc) is 3.34. The van der Waals surface area contributed by atoms with Gasteiger partial charge in [0, 0.05) is 38.7 Å². The molecule has 164 valence electrons. The zero-order valence-electron chi connectivity index (χ0n) is 18.0. The highest BCUT2D eigenvalue weighted by atomic mass is 127. The van der Waals surface area contributed by atoms with Gasteiger partial charge in [-0.1, -0.05) is 54.6 Å². The summed E-state index contributed by atoms with van der Waals surface area (Å²) in [5.74, 6) is 0.746. The summed E-state index contributed by atoms with van der Waals surface area (Å²) in [5, 5.41) is 6.72. The van der Waals surface area contributed by atoms with Gasteiger partial charge in [0.1, 0.15) is 0 Å². The minimum absolute atomic E-state index is 0. The van der Waals surface area contributed by atoms with E-state index in [-0.39, 0.29) is 24.0 Å². The fourth-order valence-electron chi connectivity index (χ4n) is 3.41. The largest absolute Gasteiger partial charge is 0.352 e. The lowest BCUT2D eigenvalue weighted by Crippen LogP contribution is -2.36. The van der Waals surface area contributed by atoms with E-state index in [9.17, 15) is 0 Å². The van der Waals surface area contributed by atoms with E-state index in [4.69, 9.17) is 0 Å². The van der Waals surface area contributed by atoms with Crippen LogP contribution in [0, 0.1) is 0 Å². The molecule has 2 aromatic carbocycles. The second-order valence-electron chi connectivity index (χ2n) is 7.19. The summed E-state index contributed by atoms with van der Waals surface area (Å²) in [7, 11) is 1.78. The molecule has 2 aromatic heterocycles. The van der Waals surface area contributed by atoms with Gasteiger partial charge in [-0.05, 0) is 34.4 Å². The van der Waals surface area contributed by atoms with Crippen molar-refractivity contribution in [3.05, 3.63) is 108 Å². The highest BCUT2D eigenvalue weighted by Gasteiger charge is 2.07. The van der Waals surface area contributed by atoms with E-state index in [0.29, 0.717) is 13.1 Å². The molecule has 0 unspecified atom stereocenters. The van der Waals surface area contributed by atoms with E-state index < -0.39 is 0 Å². The van der Waals surface area contributed by atoms with Crippen LogP contribution in [0.1, 0.15) is 16.8 Å². The lowest BCUT2D eigenvalue weighted by molar-refractivity contribution is 0.794. The molecule has 0 radical (unpaired) electrons. The highest BCUT2D eigenvalue weighted by molar-refractivity contribution is 14.0. The maximum Gasteiger partial charge on any atom is 0.191 e. The SMILES string of the molecule is CN=C(NCc1ccccn1)NCc1ccccc1-c1ccc(Cn2ccnc2)cc1.I. The highest BCUT2D eigenvalue weighted by Crippen LogP contribution is 2.24. The van der Waals surface area contributed by atoms with E-state index in [1.165, 1.54) is 22.3 Å². The summed E-state index contributed by atoms with van der Waals surface area (Å²) in [6.45, 7) is 2.12. The molecule has 0 bridgehead atoms. The molecule has 4 aromatic rings. The van der Waals surface area contributed by atoms with Gasteiger partial charge in [0.25, 0.3) is 0 Å². The van der Waals surface area contributed by atoms with Gasteiger partial charge in [-0.3, -0.25) is 9.98 Å². The number of benzene rings is 2. The molecule has 0 saturated heterocycles. The lowest BCUT2D eigenvalue weighted by Gasteiger charge is -2.14. The van der Waals surface area contributed by atoms with Crippen LogP contribution in [0.2, 0.25) is 0 Å². The van der Waals surface area contributed by atoms with Crippen molar-refractivity contribution in [2.45, 2.75) is 19.6 Å². The summed E-state index contributed by atoms with van der Waals surface area (Å²) in [6.07, 6.45) is 7.41. The molecule has 0 aliphatic carbocycles. The van der Waals surface area contributed by atoms with Gasteiger partial charge in [-0.2, -0.15) is 0 Å². The number of nitrogens with zero attached hydrogens (tertiary/aromatic N) is 4. The molecule has 0 spiro atoms. The fourth-order valence-corrected chi connectivity index (χ4v) is 3.41. The van der Waals surface area contributed by atoms with Crippen LogP contribution in [0.5, 0.6) is 0 Å². The summed E-state index contributed by atoms with van der Waals surface area (Å²) in [4.78, 5) is 12.8. The molecule has 0 amide bonds. The number of pyridine rings is 1. The minimum Gasteiger partial charge on any atom is -0.352 e. The summed E-state index contributed by atoms with van der Waals surface area (Å²) in [6, 6.07) is 23.0. The number of hydrogen-bond donors (Lipinski definition) is 2. The number of guanidine groups is 1. The Hall–Kier alpha value is -3.20. The smallest absolute Gasteiger partial charge is 0.191 e. The van der Waals surface area contributed by atoms with Crippen molar-refractivity contribution in [1.29, 1.82) is 0 Å². The van der Waals surface area contributed by atoms with E-state index in [1.807, 2.05) is 30.7 Å². The predicted octanol–water partition coefficient (Wildman–Crippen LogP) is 4.48. The molecule has 4 rings (SSSR count). The van der Waals surface area contributed by atoms with Gasteiger partial charge < -0.3 is 15.2 Å². The summed E-state index contributed by atoms with van der Waals surface area (Å²) < 4.78 is 2.07. The lowest BCUT2D eigenvalue weighted by atomic mass is 9.98. The van der Waals surface area contributed by atoms with Gasteiger partial charge in [0.2, 0.25) is 0 Å². The van der Waals surface area contributed by atoms with Gasteiger partial charge >= 0.3 is 0 Å². The van der Waals surface area contributed by atoms with Crippen LogP contribution < -0.4 is 10.6 Å². The van der Waals surface area contributed by atoms with Crippen molar-refractivity contribution in [3.8, 4) is 11.1 Å². The first-order valence-electron chi connectivity index (χ1n) is 10.3. The topological polar surface area (TPSA) is 67.1 Å². The zero-order valence-corrected chi connectivity index (χ0v) is 20.3. The van der Waals surface area contributed by atoms with E-state index in [0.717, 1.165) is 18.2 Å². The maximum atomic E-state index is 4.34. The van der Waals surface area contributed by atoms with Gasteiger partial charge in [-0.15, -0.1) is 24.0 Å². The third-order valence-corrected chi connectivity index (χ3v) is 5.04. The predicted molar refractivity (Wildman–Crippen MR) is 140 cm³/mol. The number of imidazole rings is 1. The fraction of sp³-hybridized carbons (Fsp3) is 0.160. The van der Waals surface area contributed by atoms with E-state index in [2.05, 4.69) is 78.7 Å². The molecule has 6 nitrogen and oxygen atoms in total. The van der Waals surface area contributed by atoms with Crippen molar-refractivity contribution >= 4 is 29.9 Å². The molecule has 32 heavy (non-hydrogen) atoms. The number of halogens is 1. The first-order valence-corrected chi connectivity index (χ1v) is 10.3.